The van der Waals surface area contributed by atoms with Crippen LogP contribution in [0.15, 0.2) is 30.9 Å². The lowest BCUT2D eigenvalue weighted by Crippen LogP contribution is -2.37. The van der Waals surface area contributed by atoms with Crippen LogP contribution in [0, 0.1) is 10.5 Å². The highest BCUT2D eigenvalue weighted by Gasteiger charge is 2.16. The molecule has 0 amide bonds. The molecule has 0 radical (unpaired) electrons. The lowest BCUT2D eigenvalue weighted by Gasteiger charge is -2.27. The van der Waals surface area contributed by atoms with Crippen LogP contribution in [0.1, 0.15) is 5.56 Å². The third kappa shape index (κ3) is 4.79. The molecule has 1 aliphatic heterocycles. The van der Waals surface area contributed by atoms with Gasteiger partial charge in [-0.05, 0) is 53.3 Å². The quantitative estimate of drug-likeness (QED) is 0.516. The minimum Gasteiger partial charge on any atom is -0.378 e. The first-order valence-electron chi connectivity index (χ1n) is 8.12. The van der Waals surface area contributed by atoms with Crippen LogP contribution in [-0.2, 0) is 4.74 Å². The SMILES string of the molecule is C=CCNc1nc(Nc2ccc(I)cc2C)nc(N2CCOCC2)n1. The van der Waals surface area contributed by atoms with Crippen LogP contribution in [0.5, 0.6) is 0 Å². The summed E-state index contributed by atoms with van der Waals surface area (Å²) in [5.41, 5.74) is 2.12. The van der Waals surface area contributed by atoms with E-state index in [-0.39, 0.29) is 0 Å². The number of benzene rings is 1. The van der Waals surface area contributed by atoms with E-state index in [1.807, 2.05) is 6.07 Å². The van der Waals surface area contributed by atoms with Crippen LogP contribution < -0.4 is 15.5 Å². The molecule has 1 aromatic carbocycles. The number of aryl methyl sites for hydroxylation is 1. The number of nitrogens with zero attached hydrogens (tertiary/aromatic N) is 4. The molecule has 2 N–H and O–H groups in total. The molecule has 7 nitrogen and oxygen atoms in total. The predicted octanol–water partition coefficient (Wildman–Crippen LogP) is 2.96. The van der Waals surface area contributed by atoms with Gasteiger partial charge in [-0.25, -0.2) is 0 Å². The lowest BCUT2D eigenvalue weighted by molar-refractivity contribution is 0.122. The van der Waals surface area contributed by atoms with E-state index in [9.17, 15) is 0 Å². The summed E-state index contributed by atoms with van der Waals surface area (Å²) < 4.78 is 6.60. The van der Waals surface area contributed by atoms with E-state index in [0.29, 0.717) is 37.6 Å². The highest BCUT2D eigenvalue weighted by atomic mass is 127. The maximum Gasteiger partial charge on any atom is 0.233 e. The van der Waals surface area contributed by atoms with Gasteiger partial charge in [0.2, 0.25) is 17.8 Å². The van der Waals surface area contributed by atoms with Crippen LogP contribution in [0.3, 0.4) is 0 Å². The lowest BCUT2D eigenvalue weighted by atomic mass is 10.2. The first-order valence-corrected chi connectivity index (χ1v) is 9.20. The molecule has 0 unspecified atom stereocenters. The summed E-state index contributed by atoms with van der Waals surface area (Å²) in [5, 5.41) is 6.45. The van der Waals surface area contributed by atoms with Gasteiger partial charge in [0.1, 0.15) is 0 Å². The van der Waals surface area contributed by atoms with Gasteiger partial charge in [-0.1, -0.05) is 6.08 Å². The molecule has 2 heterocycles. The minimum atomic E-state index is 0.521. The maximum atomic E-state index is 5.41. The van der Waals surface area contributed by atoms with Crippen molar-refractivity contribution in [2.75, 3.05) is 48.4 Å². The summed E-state index contributed by atoms with van der Waals surface area (Å²) in [6.07, 6.45) is 1.77. The monoisotopic (exact) mass is 452 g/mol. The zero-order valence-electron chi connectivity index (χ0n) is 14.1. The van der Waals surface area contributed by atoms with Crippen molar-refractivity contribution in [3.8, 4) is 0 Å². The van der Waals surface area contributed by atoms with Gasteiger partial charge >= 0.3 is 0 Å². The molecule has 3 rings (SSSR count). The molecule has 0 aliphatic carbocycles. The smallest absolute Gasteiger partial charge is 0.233 e. The third-order valence-corrected chi connectivity index (χ3v) is 4.43. The zero-order chi connectivity index (χ0) is 17.6. The third-order valence-electron chi connectivity index (χ3n) is 3.76. The number of nitrogens with one attached hydrogen (secondary N) is 2. The second-order valence-corrected chi connectivity index (χ2v) is 6.88. The Morgan fingerprint density at radius 3 is 2.72 bits per heavy atom. The van der Waals surface area contributed by atoms with E-state index < -0.39 is 0 Å². The normalized spacial score (nSPS) is 14.2. The Labute approximate surface area is 161 Å². The second kappa shape index (κ2) is 8.43. The molecule has 0 atom stereocenters. The fourth-order valence-corrected chi connectivity index (χ4v) is 3.10. The number of hydrogen-bond acceptors (Lipinski definition) is 7. The van der Waals surface area contributed by atoms with E-state index in [1.54, 1.807) is 6.08 Å². The number of morpholine rings is 1. The van der Waals surface area contributed by atoms with Crippen LogP contribution in [0.25, 0.3) is 0 Å². The molecule has 132 valence electrons. The van der Waals surface area contributed by atoms with Crippen molar-refractivity contribution in [3.05, 3.63) is 40.0 Å². The Kier molecular flexibility index (Phi) is 6.03. The molecule has 0 spiro atoms. The van der Waals surface area contributed by atoms with Gasteiger partial charge < -0.3 is 20.3 Å². The molecule has 2 aromatic rings. The second-order valence-electron chi connectivity index (χ2n) is 5.64. The van der Waals surface area contributed by atoms with Crippen molar-refractivity contribution >= 4 is 46.1 Å². The Bertz CT molecular complexity index is 748. The van der Waals surface area contributed by atoms with E-state index in [1.165, 1.54) is 3.57 Å². The number of anilines is 4. The van der Waals surface area contributed by atoms with Gasteiger partial charge in [0.05, 0.1) is 13.2 Å². The van der Waals surface area contributed by atoms with Crippen LogP contribution in [-0.4, -0.2) is 47.8 Å². The first kappa shape index (κ1) is 17.9. The minimum absolute atomic E-state index is 0.521. The summed E-state index contributed by atoms with van der Waals surface area (Å²) >= 11 is 2.30. The maximum absolute atomic E-state index is 5.41. The van der Waals surface area contributed by atoms with Crippen LogP contribution >= 0.6 is 22.6 Å². The van der Waals surface area contributed by atoms with Gasteiger partial charge in [-0.15, -0.1) is 6.58 Å². The highest BCUT2D eigenvalue weighted by Crippen LogP contribution is 2.22. The van der Waals surface area contributed by atoms with Crippen molar-refractivity contribution < 1.29 is 4.74 Å². The van der Waals surface area contributed by atoms with E-state index in [4.69, 9.17) is 4.74 Å². The summed E-state index contributed by atoms with van der Waals surface area (Å²) in [4.78, 5) is 15.7. The molecular formula is C17H21IN6O. The molecule has 1 aromatic heterocycles. The summed E-state index contributed by atoms with van der Waals surface area (Å²) in [6, 6.07) is 6.20. The Morgan fingerprint density at radius 2 is 2.00 bits per heavy atom. The first-order chi connectivity index (χ1) is 12.2. The van der Waals surface area contributed by atoms with E-state index in [2.05, 4.69) is 78.7 Å². The van der Waals surface area contributed by atoms with Crippen molar-refractivity contribution in [1.82, 2.24) is 15.0 Å². The summed E-state index contributed by atoms with van der Waals surface area (Å²) in [6.45, 7) is 9.28. The summed E-state index contributed by atoms with van der Waals surface area (Å²) in [5.74, 6) is 1.70. The average Bonchev–Trinajstić information content (AvgIpc) is 2.63. The van der Waals surface area contributed by atoms with Gasteiger partial charge in [-0.2, -0.15) is 15.0 Å². The molecule has 25 heavy (non-hydrogen) atoms. The molecule has 8 heteroatoms. The standard InChI is InChI=1S/C17H21IN6O/c1-3-6-19-15-21-16(20-14-5-4-13(18)11-12(14)2)23-17(22-15)24-7-9-25-10-8-24/h3-5,11H,1,6-10H2,2H3,(H2,19,20,21,22,23). The Hall–Kier alpha value is -1.94. The van der Waals surface area contributed by atoms with Crippen LogP contribution in [0.4, 0.5) is 23.5 Å². The van der Waals surface area contributed by atoms with Gasteiger partial charge in [0, 0.05) is 28.9 Å². The molecule has 1 aliphatic rings. The van der Waals surface area contributed by atoms with E-state index in [0.717, 1.165) is 24.3 Å². The van der Waals surface area contributed by atoms with Gasteiger partial charge in [0.15, 0.2) is 0 Å². The van der Waals surface area contributed by atoms with Crippen molar-refractivity contribution in [1.29, 1.82) is 0 Å². The molecule has 1 saturated heterocycles. The van der Waals surface area contributed by atoms with Crippen molar-refractivity contribution in [3.63, 3.8) is 0 Å². The van der Waals surface area contributed by atoms with Crippen molar-refractivity contribution in [2.24, 2.45) is 0 Å². The van der Waals surface area contributed by atoms with Crippen molar-refractivity contribution in [2.45, 2.75) is 6.92 Å². The molecule has 0 saturated carbocycles. The number of hydrogen-bond donors (Lipinski definition) is 2. The zero-order valence-corrected chi connectivity index (χ0v) is 16.3. The Morgan fingerprint density at radius 1 is 1.24 bits per heavy atom. The average molecular weight is 452 g/mol. The predicted molar refractivity (Wildman–Crippen MR) is 109 cm³/mol. The number of rotatable bonds is 6. The van der Waals surface area contributed by atoms with Gasteiger partial charge in [-0.3, -0.25) is 0 Å². The van der Waals surface area contributed by atoms with Crippen LogP contribution in [0.2, 0.25) is 0 Å². The largest absolute Gasteiger partial charge is 0.378 e. The molecule has 0 bridgehead atoms. The Balaban J connectivity index is 1.89. The van der Waals surface area contributed by atoms with Gasteiger partial charge in [0.25, 0.3) is 0 Å². The number of ether oxygens (including phenoxy) is 1. The highest BCUT2D eigenvalue weighted by molar-refractivity contribution is 14.1. The molecule has 1 fully saturated rings. The molecular weight excluding hydrogens is 431 g/mol. The topological polar surface area (TPSA) is 75.2 Å². The number of halogens is 1. The fourth-order valence-electron chi connectivity index (χ4n) is 2.46. The van der Waals surface area contributed by atoms with E-state index >= 15 is 0 Å². The fraction of sp³-hybridized carbons (Fsp3) is 0.353. The summed E-state index contributed by atoms with van der Waals surface area (Å²) in [7, 11) is 0. The number of aromatic nitrogens is 3.